The van der Waals surface area contributed by atoms with E-state index in [4.69, 9.17) is 9.29 Å². The van der Waals surface area contributed by atoms with Crippen LogP contribution in [0.15, 0.2) is 29.2 Å². The molecular weight excluding hydrogens is 228 g/mol. The molecule has 1 N–H and O–H groups in total. The van der Waals surface area contributed by atoms with Crippen LogP contribution in [0.25, 0.3) is 0 Å². The standard InChI is InChI=1S/C11H16O4S/c1-9-3-5-11(6-4-9)16(13,14)15-8-10(2)7-12/h3-6,10,12H,7-8H2,1-2H3. The average Bonchev–Trinajstić information content (AvgIpc) is 2.26. The van der Waals surface area contributed by atoms with E-state index in [1.165, 1.54) is 12.1 Å². The first-order valence-electron chi connectivity index (χ1n) is 5.02. The molecule has 0 aromatic heterocycles. The summed E-state index contributed by atoms with van der Waals surface area (Å²) in [6.07, 6.45) is 0. The molecule has 16 heavy (non-hydrogen) atoms. The Morgan fingerprint density at radius 2 is 1.88 bits per heavy atom. The van der Waals surface area contributed by atoms with Crippen molar-refractivity contribution in [3.05, 3.63) is 29.8 Å². The van der Waals surface area contributed by atoms with Crippen LogP contribution in [0.5, 0.6) is 0 Å². The van der Waals surface area contributed by atoms with Gasteiger partial charge in [-0.2, -0.15) is 8.42 Å². The molecule has 0 bridgehead atoms. The molecule has 0 saturated heterocycles. The summed E-state index contributed by atoms with van der Waals surface area (Å²) in [5, 5.41) is 8.76. The maximum Gasteiger partial charge on any atom is 0.296 e. The summed E-state index contributed by atoms with van der Waals surface area (Å²) < 4.78 is 28.1. The van der Waals surface area contributed by atoms with Crippen LogP contribution in [-0.2, 0) is 14.3 Å². The van der Waals surface area contributed by atoms with E-state index < -0.39 is 10.1 Å². The van der Waals surface area contributed by atoms with Gasteiger partial charge in [-0.1, -0.05) is 24.6 Å². The van der Waals surface area contributed by atoms with Crippen molar-refractivity contribution in [3.63, 3.8) is 0 Å². The first kappa shape index (κ1) is 13.2. The number of aliphatic hydroxyl groups excluding tert-OH is 1. The molecule has 1 atom stereocenters. The van der Waals surface area contributed by atoms with E-state index in [-0.39, 0.29) is 24.0 Å². The summed E-state index contributed by atoms with van der Waals surface area (Å²) in [5.41, 5.74) is 0.989. The van der Waals surface area contributed by atoms with E-state index in [1.807, 2.05) is 6.92 Å². The molecule has 0 radical (unpaired) electrons. The minimum atomic E-state index is -3.69. The largest absolute Gasteiger partial charge is 0.396 e. The molecule has 0 aliphatic carbocycles. The van der Waals surface area contributed by atoms with Gasteiger partial charge in [-0.25, -0.2) is 0 Å². The molecule has 90 valence electrons. The molecule has 0 heterocycles. The molecule has 0 aliphatic heterocycles. The number of hydrogen-bond acceptors (Lipinski definition) is 4. The number of hydrogen-bond donors (Lipinski definition) is 1. The fourth-order valence-corrected chi connectivity index (χ4v) is 2.05. The zero-order valence-electron chi connectivity index (χ0n) is 9.38. The van der Waals surface area contributed by atoms with Crippen molar-refractivity contribution < 1.29 is 17.7 Å². The van der Waals surface area contributed by atoms with Gasteiger partial charge in [0, 0.05) is 12.5 Å². The van der Waals surface area contributed by atoms with E-state index in [9.17, 15) is 8.42 Å². The highest BCUT2D eigenvalue weighted by Crippen LogP contribution is 2.14. The third-order valence-corrected chi connectivity index (χ3v) is 3.42. The first-order valence-corrected chi connectivity index (χ1v) is 6.43. The van der Waals surface area contributed by atoms with Gasteiger partial charge in [0.2, 0.25) is 0 Å². The second-order valence-electron chi connectivity index (χ2n) is 3.84. The Morgan fingerprint density at radius 3 is 2.38 bits per heavy atom. The Labute approximate surface area is 96.0 Å². The van der Waals surface area contributed by atoms with Crippen LogP contribution in [0, 0.1) is 12.8 Å². The van der Waals surface area contributed by atoms with E-state index >= 15 is 0 Å². The lowest BCUT2D eigenvalue weighted by molar-refractivity contribution is 0.178. The minimum absolute atomic E-state index is 0.00723. The SMILES string of the molecule is Cc1ccc(S(=O)(=O)OCC(C)CO)cc1. The molecule has 1 rings (SSSR count). The molecular formula is C11H16O4S. The molecule has 5 heteroatoms. The van der Waals surface area contributed by atoms with Gasteiger partial charge in [0.15, 0.2) is 0 Å². The predicted octanol–water partition coefficient (Wildman–Crippen LogP) is 1.33. The maximum atomic E-state index is 11.7. The quantitative estimate of drug-likeness (QED) is 0.794. The lowest BCUT2D eigenvalue weighted by Crippen LogP contribution is -2.15. The molecule has 0 spiro atoms. The van der Waals surface area contributed by atoms with Crippen LogP contribution in [0.4, 0.5) is 0 Å². The Morgan fingerprint density at radius 1 is 1.31 bits per heavy atom. The maximum absolute atomic E-state index is 11.7. The molecule has 0 amide bonds. The Bertz CT molecular complexity index is 422. The topological polar surface area (TPSA) is 63.6 Å². The molecule has 1 aromatic carbocycles. The lowest BCUT2D eigenvalue weighted by atomic mass is 10.2. The van der Waals surface area contributed by atoms with Crippen LogP contribution in [0.1, 0.15) is 12.5 Å². The van der Waals surface area contributed by atoms with Crippen LogP contribution in [0.2, 0.25) is 0 Å². The van der Waals surface area contributed by atoms with Crippen LogP contribution >= 0.6 is 0 Å². The first-order chi connectivity index (χ1) is 7.45. The predicted molar refractivity (Wildman–Crippen MR) is 60.6 cm³/mol. The van der Waals surface area contributed by atoms with Crippen molar-refractivity contribution in [1.29, 1.82) is 0 Å². The summed E-state index contributed by atoms with van der Waals surface area (Å²) in [6.45, 7) is 3.49. The second kappa shape index (κ2) is 5.43. The molecule has 0 fully saturated rings. The van der Waals surface area contributed by atoms with Crippen molar-refractivity contribution in [3.8, 4) is 0 Å². The number of aliphatic hydroxyl groups is 1. The van der Waals surface area contributed by atoms with Crippen molar-refractivity contribution >= 4 is 10.1 Å². The number of benzene rings is 1. The summed E-state index contributed by atoms with van der Waals surface area (Å²) in [7, 11) is -3.69. The summed E-state index contributed by atoms with van der Waals surface area (Å²) in [5.74, 6) is -0.194. The fourth-order valence-electron chi connectivity index (χ4n) is 1.03. The van der Waals surface area contributed by atoms with Crippen molar-refractivity contribution in [2.75, 3.05) is 13.2 Å². The number of rotatable bonds is 5. The average molecular weight is 244 g/mol. The second-order valence-corrected chi connectivity index (χ2v) is 5.45. The third-order valence-electron chi connectivity index (χ3n) is 2.13. The van der Waals surface area contributed by atoms with Crippen molar-refractivity contribution in [2.24, 2.45) is 5.92 Å². The van der Waals surface area contributed by atoms with Gasteiger partial charge in [0.25, 0.3) is 10.1 Å². The zero-order valence-corrected chi connectivity index (χ0v) is 10.2. The lowest BCUT2D eigenvalue weighted by Gasteiger charge is -2.09. The van der Waals surface area contributed by atoms with Crippen LogP contribution in [-0.4, -0.2) is 26.7 Å². The normalized spacial score (nSPS) is 13.7. The smallest absolute Gasteiger partial charge is 0.296 e. The van der Waals surface area contributed by atoms with Gasteiger partial charge in [0.05, 0.1) is 11.5 Å². The van der Waals surface area contributed by atoms with Crippen LogP contribution < -0.4 is 0 Å². The van der Waals surface area contributed by atoms with Gasteiger partial charge in [-0.15, -0.1) is 0 Å². The summed E-state index contributed by atoms with van der Waals surface area (Å²) in [6, 6.07) is 6.44. The molecule has 0 saturated carbocycles. The monoisotopic (exact) mass is 244 g/mol. The molecule has 1 unspecified atom stereocenters. The highest BCUT2D eigenvalue weighted by molar-refractivity contribution is 7.86. The van der Waals surface area contributed by atoms with Gasteiger partial charge < -0.3 is 5.11 Å². The Balaban J connectivity index is 2.74. The van der Waals surface area contributed by atoms with E-state index in [2.05, 4.69) is 0 Å². The summed E-state index contributed by atoms with van der Waals surface area (Å²) in [4.78, 5) is 0.142. The Kier molecular flexibility index (Phi) is 4.46. The van der Waals surface area contributed by atoms with E-state index in [0.29, 0.717) is 0 Å². The highest BCUT2D eigenvalue weighted by Gasteiger charge is 2.16. The number of aryl methyl sites for hydroxylation is 1. The van der Waals surface area contributed by atoms with Gasteiger partial charge in [-0.3, -0.25) is 4.18 Å². The van der Waals surface area contributed by atoms with E-state index in [1.54, 1.807) is 19.1 Å². The fraction of sp³-hybridized carbons (Fsp3) is 0.455. The van der Waals surface area contributed by atoms with Crippen molar-refractivity contribution in [1.82, 2.24) is 0 Å². The third kappa shape index (κ3) is 3.59. The van der Waals surface area contributed by atoms with Crippen molar-refractivity contribution in [2.45, 2.75) is 18.7 Å². The zero-order chi connectivity index (χ0) is 12.2. The summed E-state index contributed by atoms with van der Waals surface area (Å²) >= 11 is 0. The van der Waals surface area contributed by atoms with Gasteiger partial charge >= 0.3 is 0 Å². The minimum Gasteiger partial charge on any atom is -0.396 e. The molecule has 4 nitrogen and oxygen atoms in total. The van der Waals surface area contributed by atoms with E-state index in [0.717, 1.165) is 5.56 Å². The van der Waals surface area contributed by atoms with Gasteiger partial charge in [-0.05, 0) is 19.1 Å². The van der Waals surface area contributed by atoms with Crippen LogP contribution in [0.3, 0.4) is 0 Å². The highest BCUT2D eigenvalue weighted by atomic mass is 32.2. The Hall–Kier alpha value is -0.910. The van der Waals surface area contributed by atoms with Gasteiger partial charge in [0.1, 0.15) is 0 Å². The molecule has 1 aromatic rings. The molecule has 0 aliphatic rings.